The topological polar surface area (TPSA) is 55.4 Å². The van der Waals surface area contributed by atoms with Gasteiger partial charge in [-0.25, -0.2) is 0 Å². The summed E-state index contributed by atoms with van der Waals surface area (Å²) in [6.07, 6.45) is 0. The zero-order valence-corrected chi connectivity index (χ0v) is 29.0. The Kier molecular flexibility index (Phi) is 9.26. The van der Waals surface area contributed by atoms with Gasteiger partial charge in [0.25, 0.3) is 0 Å². The first-order valence-corrected chi connectivity index (χ1v) is 16.6. The van der Waals surface area contributed by atoms with Gasteiger partial charge in [-0.05, 0) is 110 Å². The summed E-state index contributed by atoms with van der Waals surface area (Å²) in [5, 5.41) is 3.56. The molecule has 4 rings (SSSR count). The van der Waals surface area contributed by atoms with Gasteiger partial charge in [0.05, 0.1) is 42.7 Å². The molecule has 0 heterocycles. The quantitative estimate of drug-likeness (QED) is 0.204. The van der Waals surface area contributed by atoms with E-state index in [4.69, 9.17) is 28.4 Å². The average molecular weight is 603 g/mol. The summed E-state index contributed by atoms with van der Waals surface area (Å²) in [5.41, 5.74) is 8.63. The van der Waals surface area contributed by atoms with Crippen LogP contribution in [0.15, 0.2) is 58.7 Å². The molecule has 43 heavy (non-hydrogen) atoms. The third kappa shape index (κ3) is 4.97. The van der Waals surface area contributed by atoms with Crippen molar-refractivity contribution in [3.05, 3.63) is 75.4 Å². The van der Waals surface area contributed by atoms with Crippen LogP contribution in [0.5, 0.6) is 34.5 Å². The van der Waals surface area contributed by atoms with E-state index in [1.165, 1.54) is 37.9 Å². The smallest absolute Gasteiger partial charge is 0.161 e. The molecule has 0 aliphatic heterocycles. The minimum absolute atomic E-state index is 0.0639. The largest absolute Gasteiger partial charge is 0.497 e. The van der Waals surface area contributed by atoms with Gasteiger partial charge in [-0.3, -0.25) is 0 Å². The molecule has 3 aromatic rings. The van der Waals surface area contributed by atoms with Crippen LogP contribution in [0.25, 0.3) is 0 Å². The van der Waals surface area contributed by atoms with Crippen molar-refractivity contribution in [3.8, 4) is 34.5 Å². The third-order valence-electron chi connectivity index (χ3n) is 9.69. The molecule has 0 unspecified atom stereocenters. The van der Waals surface area contributed by atoms with E-state index in [-0.39, 0.29) is 5.54 Å². The molecule has 7 heteroatoms. The van der Waals surface area contributed by atoms with E-state index < -0.39 is 8.07 Å². The van der Waals surface area contributed by atoms with Crippen molar-refractivity contribution in [1.82, 2.24) is 0 Å². The van der Waals surface area contributed by atoms with Crippen molar-refractivity contribution in [2.24, 2.45) is 0 Å². The summed E-state index contributed by atoms with van der Waals surface area (Å²) >= 11 is 0. The third-order valence-corrected chi connectivity index (χ3v) is 15.5. The first-order chi connectivity index (χ1) is 20.5. The molecule has 0 bridgehead atoms. The molecule has 230 valence electrons. The number of hydrogen-bond acceptors (Lipinski definition) is 6. The Bertz CT molecular complexity index is 1440. The molecule has 6 nitrogen and oxygen atoms in total. The van der Waals surface area contributed by atoms with E-state index in [1.54, 1.807) is 42.7 Å². The lowest BCUT2D eigenvalue weighted by Gasteiger charge is -2.44. The molecule has 0 aromatic heterocycles. The molecule has 0 fully saturated rings. The van der Waals surface area contributed by atoms with Gasteiger partial charge in [-0.1, -0.05) is 11.1 Å². The van der Waals surface area contributed by atoms with Crippen LogP contribution in [-0.2, 0) is 0 Å². The van der Waals surface area contributed by atoms with E-state index >= 15 is 0 Å². The van der Waals surface area contributed by atoms with Gasteiger partial charge in [-0.15, -0.1) is 0 Å². The molecule has 0 amide bonds. The lowest BCUT2D eigenvalue weighted by Crippen LogP contribution is -2.72. The highest BCUT2D eigenvalue weighted by Gasteiger charge is 2.53. The summed E-state index contributed by atoms with van der Waals surface area (Å²) in [4.78, 5) is 0. The summed E-state index contributed by atoms with van der Waals surface area (Å²) in [7, 11) is 7.05. The maximum atomic E-state index is 6.01. The minimum Gasteiger partial charge on any atom is -0.497 e. The highest BCUT2D eigenvalue weighted by atomic mass is 28.3. The molecule has 3 aromatic carbocycles. The lowest BCUT2D eigenvalue weighted by molar-refractivity contribution is 0.393. The summed E-state index contributed by atoms with van der Waals surface area (Å²) in [6.45, 7) is 15.5. The Labute approximate surface area is 258 Å². The van der Waals surface area contributed by atoms with Gasteiger partial charge in [0.15, 0.2) is 8.07 Å². The number of rotatable bonds is 10. The normalized spacial score (nSPS) is 13.9. The van der Waals surface area contributed by atoms with E-state index in [9.17, 15) is 0 Å². The van der Waals surface area contributed by atoms with E-state index in [1.807, 2.05) is 18.2 Å². The minimum atomic E-state index is -3.22. The van der Waals surface area contributed by atoms with Crippen LogP contribution in [0, 0.1) is 20.8 Å². The van der Waals surface area contributed by atoms with E-state index in [0.717, 1.165) is 51.2 Å². The van der Waals surface area contributed by atoms with Crippen LogP contribution in [0.4, 0.5) is 0 Å². The van der Waals surface area contributed by atoms with Crippen LogP contribution in [0.2, 0.25) is 5.54 Å². The zero-order valence-electron chi connectivity index (χ0n) is 28.0. The van der Waals surface area contributed by atoms with Crippen LogP contribution in [0.3, 0.4) is 0 Å². The van der Waals surface area contributed by atoms with Gasteiger partial charge in [0.1, 0.15) is 34.5 Å². The molecule has 0 saturated carbocycles. The van der Waals surface area contributed by atoms with Gasteiger partial charge in [0, 0.05) is 23.7 Å². The van der Waals surface area contributed by atoms with Crippen molar-refractivity contribution in [3.63, 3.8) is 0 Å². The van der Waals surface area contributed by atoms with Crippen molar-refractivity contribution < 1.29 is 28.4 Å². The fraction of sp³-hybridized carbons (Fsp3) is 0.389. The molecule has 0 radical (unpaired) electrons. The van der Waals surface area contributed by atoms with Gasteiger partial charge in [0.2, 0.25) is 0 Å². The molecule has 1 aliphatic carbocycles. The first kappa shape index (κ1) is 32.1. The van der Waals surface area contributed by atoms with Crippen LogP contribution in [0.1, 0.15) is 44.4 Å². The summed E-state index contributed by atoms with van der Waals surface area (Å²) < 4.78 is 35.9. The van der Waals surface area contributed by atoms with Gasteiger partial charge in [-0.2, -0.15) is 0 Å². The monoisotopic (exact) mass is 602 g/mol. The standard InChI is InChI=1S/C36H46O6Si/c1-20-21(2)23(4)36(22(20)3)43(33-17-27(37-8)14-30(40-11)24(33)5,34-18-28(38-9)15-31(41-12)25(34)6)35-19-29(39-10)16-32(42-13)26(35)7/h14-19,36H,1-13H3. The molecule has 0 spiro atoms. The highest BCUT2D eigenvalue weighted by molar-refractivity contribution is 7.14. The number of methoxy groups -OCH3 is 6. The van der Waals surface area contributed by atoms with E-state index in [0.29, 0.717) is 0 Å². The highest BCUT2D eigenvalue weighted by Crippen LogP contribution is 2.49. The van der Waals surface area contributed by atoms with Crippen LogP contribution >= 0.6 is 0 Å². The lowest BCUT2D eigenvalue weighted by atomic mass is 10.1. The average Bonchev–Trinajstić information content (AvgIpc) is 3.21. The second-order valence-electron chi connectivity index (χ2n) is 11.4. The first-order valence-electron chi connectivity index (χ1n) is 14.5. The predicted octanol–water partition coefficient (Wildman–Crippen LogP) is 6.19. The number of allylic oxidation sites excluding steroid dienone is 4. The zero-order chi connectivity index (χ0) is 31.8. The summed E-state index contributed by atoms with van der Waals surface area (Å²) in [5.74, 6) is 4.56. The molecule has 0 saturated heterocycles. The van der Waals surface area contributed by atoms with Gasteiger partial charge >= 0.3 is 0 Å². The van der Waals surface area contributed by atoms with Crippen LogP contribution < -0.4 is 44.0 Å². The number of benzene rings is 3. The fourth-order valence-corrected chi connectivity index (χ4v) is 13.9. The Morgan fingerprint density at radius 1 is 0.419 bits per heavy atom. The Morgan fingerprint density at radius 3 is 0.930 bits per heavy atom. The number of ether oxygens (including phenoxy) is 6. The molecular formula is C36H46O6Si. The Morgan fingerprint density at radius 2 is 0.698 bits per heavy atom. The summed E-state index contributed by atoms with van der Waals surface area (Å²) in [6, 6.07) is 12.5. The maximum Gasteiger partial charge on any atom is 0.161 e. The second kappa shape index (κ2) is 12.4. The molecule has 0 atom stereocenters. The maximum absolute atomic E-state index is 6.01. The molecule has 1 aliphatic rings. The second-order valence-corrected chi connectivity index (χ2v) is 15.2. The Balaban J connectivity index is 2.45. The van der Waals surface area contributed by atoms with Crippen molar-refractivity contribution in [2.75, 3.05) is 42.7 Å². The van der Waals surface area contributed by atoms with E-state index in [2.05, 4.69) is 66.7 Å². The SMILES string of the molecule is COc1cc(OC)c(C)c([Si](c2cc(OC)cc(OC)c2C)(c2cc(OC)cc(OC)c2C)C2C(C)=C(C)C(C)=C2C)c1. The number of hydrogen-bond donors (Lipinski definition) is 0. The van der Waals surface area contributed by atoms with Crippen molar-refractivity contribution in [2.45, 2.75) is 54.0 Å². The predicted molar refractivity (Wildman–Crippen MR) is 178 cm³/mol. The molecular weight excluding hydrogens is 556 g/mol. The van der Waals surface area contributed by atoms with Crippen molar-refractivity contribution in [1.29, 1.82) is 0 Å². The fourth-order valence-electron chi connectivity index (χ4n) is 7.11. The van der Waals surface area contributed by atoms with Gasteiger partial charge < -0.3 is 28.4 Å². The molecule has 0 N–H and O–H groups in total. The Hall–Kier alpha value is -3.84. The van der Waals surface area contributed by atoms with Crippen molar-refractivity contribution >= 4 is 23.6 Å². The van der Waals surface area contributed by atoms with Crippen LogP contribution in [-0.4, -0.2) is 50.7 Å².